The zero-order chi connectivity index (χ0) is 15.1. The number of rotatable bonds is 6. The van der Waals surface area contributed by atoms with E-state index in [0.717, 1.165) is 0 Å². The van der Waals surface area contributed by atoms with Crippen molar-refractivity contribution in [3.8, 4) is 0 Å². The topological polar surface area (TPSA) is 52.6 Å². The van der Waals surface area contributed by atoms with Crippen LogP contribution in [-0.4, -0.2) is 25.2 Å². The molecule has 0 fully saturated rings. The number of halogens is 2. The van der Waals surface area contributed by atoms with Crippen LogP contribution in [0.15, 0.2) is 18.2 Å². The molecule has 1 rings (SSSR count). The molecule has 110 valence electrons. The molecule has 0 radical (unpaired) electrons. The number of benzene rings is 1. The van der Waals surface area contributed by atoms with Gasteiger partial charge >= 0.3 is 11.9 Å². The molecule has 0 amide bonds. The number of ether oxygens (including phenoxy) is 2. The lowest BCUT2D eigenvalue weighted by Gasteiger charge is -2.15. The lowest BCUT2D eigenvalue weighted by atomic mass is 9.99. The first-order valence-electron chi connectivity index (χ1n) is 6.27. The second-order valence-corrected chi connectivity index (χ2v) is 4.37. The molecule has 0 aliphatic carbocycles. The highest BCUT2D eigenvalue weighted by Crippen LogP contribution is 2.23. The summed E-state index contributed by atoms with van der Waals surface area (Å²) in [4.78, 5) is 23.6. The van der Waals surface area contributed by atoms with Gasteiger partial charge in [0.1, 0.15) is 5.82 Å². The summed E-state index contributed by atoms with van der Waals surface area (Å²) >= 11 is 5.89. The van der Waals surface area contributed by atoms with Crippen LogP contribution in [0.1, 0.15) is 19.4 Å². The van der Waals surface area contributed by atoms with Gasteiger partial charge in [-0.25, -0.2) is 4.39 Å². The van der Waals surface area contributed by atoms with Crippen LogP contribution in [0.4, 0.5) is 4.39 Å². The lowest BCUT2D eigenvalue weighted by molar-refractivity contribution is -0.161. The second-order valence-electron chi connectivity index (χ2n) is 3.96. The van der Waals surface area contributed by atoms with Crippen LogP contribution >= 0.6 is 11.6 Å². The summed E-state index contributed by atoms with van der Waals surface area (Å²) in [6, 6.07) is 4.16. The molecule has 4 nitrogen and oxygen atoms in total. The van der Waals surface area contributed by atoms with Crippen molar-refractivity contribution in [3.05, 3.63) is 34.6 Å². The van der Waals surface area contributed by atoms with E-state index in [-0.39, 0.29) is 30.2 Å². The summed E-state index contributed by atoms with van der Waals surface area (Å²) in [5.41, 5.74) is 0.0975. The molecule has 0 heterocycles. The Hall–Kier alpha value is -1.62. The molecule has 0 unspecified atom stereocenters. The van der Waals surface area contributed by atoms with E-state index in [2.05, 4.69) is 0 Å². The third kappa shape index (κ3) is 4.20. The van der Waals surface area contributed by atoms with Gasteiger partial charge in [-0.15, -0.1) is 0 Å². The van der Waals surface area contributed by atoms with Crippen LogP contribution in [0.5, 0.6) is 0 Å². The van der Waals surface area contributed by atoms with E-state index in [1.165, 1.54) is 18.2 Å². The van der Waals surface area contributed by atoms with Gasteiger partial charge in [-0.2, -0.15) is 0 Å². The minimum Gasteiger partial charge on any atom is -0.465 e. The highest BCUT2D eigenvalue weighted by atomic mass is 35.5. The summed E-state index contributed by atoms with van der Waals surface area (Å²) < 4.78 is 23.4. The zero-order valence-electron chi connectivity index (χ0n) is 11.3. The van der Waals surface area contributed by atoms with E-state index in [1.54, 1.807) is 13.8 Å². The van der Waals surface area contributed by atoms with Crippen LogP contribution in [0.3, 0.4) is 0 Å². The number of carbonyl (C=O) groups is 2. The average molecular weight is 303 g/mol. The molecule has 0 atom stereocenters. The molecule has 6 heteroatoms. The summed E-state index contributed by atoms with van der Waals surface area (Å²) in [7, 11) is 0. The van der Waals surface area contributed by atoms with E-state index in [9.17, 15) is 14.0 Å². The van der Waals surface area contributed by atoms with Crippen molar-refractivity contribution in [2.75, 3.05) is 13.2 Å². The Morgan fingerprint density at radius 2 is 1.75 bits per heavy atom. The molecular weight excluding hydrogens is 287 g/mol. The van der Waals surface area contributed by atoms with Gasteiger partial charge in [0.2, 0.25) is 0 Å². The lowest BCUT2D eigenvalue weighted by Crippen LogP contribution is -2.30. The third-order valence-electron chi connectivity index (χ3n) is 2.61. The van der Waals surface area contributed by atoms with E-state index in [1.807, 2.05) is 0 Å². The Balaban J connectivity index is 3.00. The molecule has 0 bridgehead atoms. The van der Waals surface area contributed by atoms with Gasteiger partial charge in [0.25, 0.3) is 0 Å². The molecule has 0 saturated carbocycles. The van der Waals surface area contributed by atoms with Crippen LogP contribution < -0.4 is 0 Å². The maximum absolute atomic E-state index is 13.7. The summed E-state index contributed by atoms with van der Waals surface area (Å²) in [5, 5.41) is 0.156. The van der Waals surface area contributed by atoms with Gasteiger partial charge in [-0.3, -0.25) is 9.59 Å². The smallest absolute Gasteiger partial charge is 0.320 e. The maximum Gasteiger partial charge on any atom is 0.320 e. The summed E-state index contributed by atoms with van der Waals surface area (Å²) in [6.07, 6.45) is -0.191. The SMILES string of the molecule is CCOC(=O)C(Cc1c(F)cccc1Cl)C(=O)OCC. The largest absolute Gasteiger partial charge is 0.465 e. The van der Waals surface area contributed by atoms with Crippen LogP contribution in [0, 0.1) is 11.7 Å². The molecule has 0 aliphatic rings. The first-order valence-corrected chi connectivity index (χ1v) is 6.65. The predicted molar refractivity (Wildman–Crippen MR) is 71.9 cm³/mol. The van der Waals surface area contributed by atoms with Gasteiger partial charge in [-0.05, 0) is 26.0 Å². The van der Waals surface area contributed by atoms with Crippen LogP contribution in [0.2, 0.25) is 5.02 Å². The first-order chi connectivity index (χ1) is 9.51. The summed E-state index contributed by atoms with van der Waals surface area (Å²) in [6.45, 7) is 3.49. The Morgan fingerprint density at radius 3 is 2.20 bits per heavy atom. The molecule has 0 aliphatic heterocycles. The van der Waals surface area contributed by atoms with Gasteiger partial charge in [0.15, 0.2) is 5.92 Å². The van der Waals surface area contributed by atoms with E-state index >= 15 is 0 Å². The fraction of sp³-hybridized carbons (Fsp3) is 0.429. The molecule has 0 spiro atoms. The average Bonchev–Trinajstić information content (AvgIpc) is 2.38. The quantitative estimate of drug-likeness (QED) is 0.599. The molecular formula is C14H16ClFO4. The predicted octanol–water partition coefficient (Wildman–Crippen LogP) is 2.76. The van der Waals surface area contributed by atoms with Gasteiger partial charge in [0.05, 0.1) is 13.2 Å². The van der Waals surface area contributed by atoms with Crippen LogP contribution in [-0.2, 0) is 25.5 Å². The third-order valence-corrected chi connectivity index (χ3v) is 2.97. The molecule has 0 N–H and O–H groups in total. The Labute approximate surface area is 121 Å². The number of carbonyl (C=O) groups excluding carboxylic acids is 2. The normalized spacial score (nSPS) is 10.4. The van der Waals surface area contributed by atoms with Gasteiger partial charge < -0.3 is 9.47 Å². The molecule has 0 aromatic heterocycles. The zero-order valence-corrected chi connectivity index (χ0v) is 12.1. The Kier molecular flexibility index (Phi) is 6.45. The number of hydrogen-bond donors (Lipinski definition) is 0. The fourth-order valence-corrected chi connectivity index (χ4v) is 1.92. The van der Waals surface area contributed by atoms with E-state index in [0.29, 0.717) is 0 Å². The molecule has 20 heavy (non-hydrogen) atoms. The number of esters is 2. The Bertz CT molecular complexity index is 452. The monoisotopic (exact) mass is 302 g/mol. The van der Waals surface area contributed by atoms with Crippen molar-refractivity contribution in [2.24, 2.45) is 5.92 Å². The van der Waals surface area contributed by atoms with Crippen molar-refractivity contribution >= 4 is 23.5 Å². The highest BCUT2D eigenvalue weighted by Gasteiger charge is 2.31. The maximum atomic E-state index is 13.7. The fourth-order valence-electron chi connectivity index (χ4n) is 1.68. The first kappa shape index (κ1) is 16.4. The van der Waals surface area contributed by atoms with Crippen LogP contribution in [0.25, 0.3) is 0 Å². The van der Waals surface area contributed by atoms with Gasteiger partial charge in [-0.1, -0.05) is 17.7 Å². The second kappa shape index (κ2) is 7.85. The summed E-state index contributed by atoms with van der Waals surface area (Å²) in [5.74, 6) is -3.28. The Morgan fingerprint density at radius 1 is 1.20 bits per heavy atom. The van der Waals surface area contributed by atoms with E-state index in [4.69, 9.17) is 21.1 Å². The van der Waals surface area contributed by atoms with Crippen molar-refractivity contribution in [2.45, 2.75) is 20.3 Å². The van der Waals surface area contributed by atoms with Crippen molar-refractivity contribution < 1.29 is 23.5 Å². The minimum absolute atomic E-state index is 0.0975. The van der Waals surface area contributed by atoms with Crippen molar-refractivity contribution in [3.63, 3.8) is 0 Å². The van der Waals surface area contributed by atoms with Gasteiger partial charge in [0, 0.05) is 17.0 Å². The minimum atomic E-state index is -1.22. The molecule has 1 aromatic rings. The molecule has 1 aromatic carbocycles. The number of hydrogen-bond acceptors (Lipinski definition) is 4. The standard InChI is InChI=1S/C14H16ClFO4/c1-3-19-13(17)10(14(18)20-4-2)8-9-11(15)6-5-7-12(9)16/h5-7,10H,3-4,8H2,1-2H3. The van der Waals surface area contributed by atoms with E-state index < -0.39 is 23.7 Å². The molecule has 0 saturated heterocycles. The van der Waals surface area contributed by atoms with Crippen molar-refractivity contribution in [1.29, 1.82) is 0 Å². The highest BCUT2D eigenvalue weighted by molar-refractivity contribution is 6.31. The van der Waals surface area contributed by atoms with Crippen molar-refractivity contribution in [1.82, 2.24) is 0 Å².